The Morgan fingerprint density at radius 2 is 1.86 bits per heavy atom. The Balaban J connectivity index is 1.46. The van der Waals surface area contributed by atoms with Crippen LogP contribution in [-0.2, 0) is 6.54 Å². The molecular weight excluding hydrogens is 367 g/mol. The Hall–Kier alpha value is -1.80. The number of hydrogen-bond donors (Lipinski definition) is 2. The molecule has 5 nitrogen and oxygen atoms in total. The van der Waals surface area contributed by atoms with Gasteiger partial charge in [-0.1, -0.05) is 30.3 Å². The molecule has 1 aromatic rings. The lowest BCUT2D eigenvalue weighted by Gasteiger charge is -2.22. The molecule has 3 unspecified atom stereocenters. The average Bonchev–Trinajstić information content (AvgIpc) is 3.20. The molecule has 0 aliphatic carbocycles. The summed E-state index contributed by atoms with van der Waals surface area (Å²) in [7, 11) is 1.71. The topological polar surface area (TPSA) is 42.9 Å². The van der Waals surface area contributed by atoms with Gasteiger partial charge < -0.3 is 10.6 Å². The maximum absolute atomic E-state index is 12.6. The summed E-state index contributed by atoms with van der Waals surface area (Å²) in [5, 5.41) is 6.76. The lowest BCUT2D eigenvalue weighted by Crippen LogP contribution is -2.49. The van der Waals surface area contributed by atoms with E-state index in [2.05, 4.69) is 51.7 Å². The van der Waals surface area contributed by atoms with Crippen molar-refractivity contribution >= 4 is 5.96 Å². The Bertz CT molecular complexity index is 649. The summed E-state index contributed by atoms with van der Waals surface area (Å²) in [5.41, 5.74) is 1.30. The molecule has 0 radical (unpaired) electrons. The van der Waals surface area contributed by atoms with Gasteiger partial charge in [0.2, 0.25) is 0 Å². The van der Waals surface area contributed by atoms with Gasteiger partial charge in [0.05, 0.1) is 6.54 Å². The van der Waals surface area contributed by atoms with E-state index < -0.39 is 12.7 Å². The molecule has 156 valence electrons. The van der Waals surface area contributed by atoms with E-state index in [0.29, 0.717) is 31.5 Å². The van der Waals surface area contributed by atoms with Gasteiger partial charge in [0.15, 0.2) is 5.96 Å². The molecule has 8 heteroatoms. The lowest BCUT2D eigenvalue weighted by molar-refractivity contribution is -0.143. The van der Waals surface area contributed by atoms with E-state index in [-0.39, 0.29) is 12.1 Å². The van der Waals surface area contributed by atoms with Gasteiger partial charge >= 0.3 is 6.18 Å². The normalized spacial score (nSPS) is 27.3. The summed E-state index contributed by atoms with van der Waals surface area (Å²) < 4.78 is 37.7. The molecule has 0 bridgehead atoms. The Morgan fingerprint density at radius 3 is 2.54 bits per heavy atom. The summed E-state index contributed by atoms with van der Waals surface area (Å²) in [6.07, 6.45) is -2.44. The number of likely N-dealkylation sites (tertiary alicyclic amines) is 2. The number of guanidine groups is 1. The first kappa shape index (κ1) is 20.9. The van der Waals surface area contributed by atoms with Gasteiger partial charge in [-0.3, -0.25) is 14.8 Å². The number of halogens is 3. The van der Waals surface area contributed by atoms with Gasteiger partial charge in [-0.2, -0.15) is 13.2 Å². The molecule has 0 amide bonds. The van der Waals surface area contributed by atoms with Crippen molar-refractivity contribution in [2.75, 3.05) is 33.2 Å². The SMILES string of the molecule is CN=C(NC1CCN(CC(F)(F)F)C1)NC1CC(C)N(Cc2ccccc2)C1. The summed E-state index contributed by atoms with van der Waals surface area (Å²) in [6, 6.07) is 11.1. The number of hydrogen-bond acceptors (Lipinski definition) is 3. The second-order valence-corrected chi connectivity index (χ2v) is 7.89. The predicted molar refractivity (Wildman–Crippen MR) is 105 cm³/mol. The van der Waals surface area contributed by atoms with E-state index in [4.69, 9.17) is 0 Å². The number of nitrogens with zero attached hydrogens (tertiary/aromatic N) is 3. The summed E-state index contributed by atoms with van der Waals surface area (Å²) >= 11 is 0. The number of alkyl halides is 3. The van der Waals surface area contributed by atoms with Crippen molar-refractivity contribution in [1.82, 2.24) is 20.4 Å². The minimum Gasteiger partial charge on any atom is -0.352 e. The second kappa shape index (κ2) is 9.13. The number of benzene rings is 1. The third kappa shape index (κ3) is 6.10. The Morgan fingerprint density at radius 1 is 1.14 bits per heavy atom. The fourth-order valence-electron chi connectivity index (χ4n) is 4.15. The molecule has 2 N–H and O–H groups in total. The smallest absolute Gasteiger partial charge is 0.352 e. The minimum absolute atomic E-state index is 0.00667. The molecule has 28 heavy (non-hydrogen) atoms. The van der Waals surface area contributed by atoms with E-state index in [9.17, 15) is 13.2 Å². The van der Waals surface area contributed by atoms with Gasteiger partial charge in [-0.15, -0.1) is 0 Å². The molecule has 2 aliphatic rings. The first-order valence-corrected chi connectivity index (χ1v) is 9.89. The largest absolute Gasteiger partial charge is 0.401 e. The standard InChI is InChI=1S/C20H30F3N5/c1-15-10-18(13-28(15)11-16-6-4-3-5-7-16)26-19(24-2)25-17-8-9-27(12-17)14-20(21,22)23/h3-7,15,17-18H,8-14H2,1-2H3,(H2,24,25,26). The van der Waals surface area contributed by atoms with Crippen LogP contribution >= 0.6 is 0 Å². The highest BCUT2D eigenvalue weighted by Crippen LogP contribution is 2.21. The maximum Gasteiger partial charge on any atom is 0.401 e. The molecule has 1 aromatic carbocycles. The number of rotatable bonds is 5. The summed E-state index contributed by atoms with van der Waals surface area (Å²) in [6.45, 7) is 4.07. The van der Waals surface area contributed by atoms with Crippen LogP contribution in [0.3, 0.4) is 0 Å². The number of aliphatic imine (C=N–C) groups is 1. The van der Waals surface area contributed by atoms with E-state index >= 15 is 0 Å². The number of nitrogens with one attached hydrogen (secondary N) is 2. The Labute approximate surface area is 165 Å². The molecule has 0 saturated carbocycles. The van der Waals surface area contributed by atoms with Crippen molar-refractivity contribution in [2.45, 2.75) is 50.6 Å². The average molecular weight is 397 g/mol. The first-order valence-electron chi connectivity index (χ1n) is 9.89. The van der Waals surface area contributed by atoms with Crippen molar-refractivity contribution in [1.29, 1.82) is 0 Å². The fraction of sp³-hybridized carbons (Fsp3) is 0.650. The van der Waals surface area contributed by atoms with Crippen LogP contribution in [0.25, 0.3) is 0 Å². The first-order chi connectivity index (χ1) is 13.3. The predicted octanol–water partition coefficient (Wildman–Crippen LogP) is 2.45. The fourth-order valence-corrected chi connectivity index (χ4v) is 4.15. The zero-order valence-corrected chi connectivity index (χ0v) is 16.5. The van der Waals surface area contributed by atoms with Crippen molar-refractivity contribution in [3.8, 4) is 0 Å². The minimum atomic E-state index is -4.14. The van der Waals surface area contributed by atoms with Crippen LogP contribution in [0.1, 0.15) is 25.3 Å². The van der Waals surface area contributed by atoms with Crippen molar-refractivity contribution < 1.29 is 13.2 Å². The monoisotopic (exact) mass is 397 g/mol. The highest BCUT2D eigenvalue weighted by atomic mass is 19.4. The molecule has 0 aromatic heterocycles. The van der Waals surface area contributed by atoms with Gasteiger partial charge in [-0.05, 0) is 25.3 Å². The lowest BCUT2D eigenvalue weighted by atomic mass is 10.2. The van der Waals surface area contributed by atoms with Crippen molar-refractivity contribution in [3.05, 3.63) is 35.9 Å². The zero-order valence-electron chi connectivity index (χ0n) is 16.5. The van der Waals surface area contributed by atoms with Crippen LogP contribution in [0.5, 0.6) is 0 Å². The third-order valence-corrected chi connectivity index (χ3v) is 5.51. The highest BCUT2D eigenvalue weighted by Gasteiger charge is 2.35. The van der Waals surface area contributed by atoms with Gasteiger partial charge in [0.1, 0.15) is 0 Å². The van der Waals surface area contributed by atoms with Crippen molar-refractivity contribution in [3.63, 3.8) is 0 Å². The van der Waals surface area contributed by atoms with Crippen LogP contribution in [0.15, 0.2) is 35.3 Å². The van der Waals surface area contributed by atoms with Crippen LogP contribution in [-0.4, -0.2) is 73.3 Å². The van der Waals surface area contributed by atoms with Crippen molar-refractivity contribution in [2.24, 2.45) is 4.99 Å². The molecule has 3 atom stereocenters. The van der Waals surface area contributed by atoms with E-state index in [1.807, 2.05) is 6.07 Å². The van der Waals surface area contributed by atoms with Gasteiger partial charge in [0.25, 0.3) is 0 Å². The molecule has 3 rings (SSSR count). The third-order valence-electron chi connectivity index (χ3n) is 5.51. The van der Waals surface area contributed by atoms with Crippen LogP contribution in [0.4, 0.5) is 13.2 Å². The Kier molecular flexibility index (Phi) is 6.82. The highest BCUT2D eigenvalue weighted by molar-refractivity contribution is 5.80. The van der Waals surface area contributed by atoms with Crippen LogP contribution in [0.2, 0.25) is 0 Å². The van der Waals surface area contributed by atoms with Crippen LogP contribution in [0, 0.1) is 0 Å². The van der Waals surface area contributed by atoms with Gasteiger partial charge in [0, 0.05) is 51.4 Å². The van der Waals surface area contributed by atoms with E-state index in [1.165, 1.54) is 10.5 Å². The molecule has 0 spiro atoms. The molecule has 2 fully saturated rings. The van der Waals surface area contributed by atoms with Gasteiger partial charge in [-0.25, -0.2) is 0 Å². The maximum atomic E-state index is 12.6. The van der Waals surface area contributed by atoms with E-state index in [1.54, 1.807) is 7.05 Å². The summed E-state index contributed by atoms with van der Waals surface area (Å²) in [4.78, 5) is 8.18. The van der Waals surface area contributed by atoms with Crippen LogP contribution < -0.4 is 10.6 Å². The molecule has 2 saturated heterocycles. The quantitative estimate of drug-likeness (QED) is 0.592. The summed E-state index contributed by atoms with van der Waals surface area (Å²) in [5.74, 6) is 0.678. The van der Waals surface area contributed by atoms with E-state index in [0.717, 1.165) is 19.5 Å². The molecule has 2 heterocycles. The molecule has 2 aliphatic heterocycles. The zero-order chi connectivity index (χ0) is 20.1. The molecular formula is C20H30F3N5. The second-order valence-electron chi connectivity index (χ2n) is 7.89.